The van der Waals surface area contributed by atoms with E-state index in [9.17, 15) is 0 Å². The third-order valence-electron chi connectivity index (χ3n) is 4.33. The molecule has 0 bridgehead atoms. The van der Waals surface area contributed by atoms with Crippen LogP contribution >= 0.6 is 0 Å². The molecular formula is C14H21BN2O4. The van der Waals surface area contributed by atoms with Gasteiger partial charge in [0.15, 0.2) is 0 Å². The lowest BCUT2D eigenvalue weighted by molar-refractivity contribution is -0.0918. The van der Waals surface area contributed by atoms with Gasteiger partial charge in [0.05, 0.1) is 48.5 Å². The Morgan fingerprint density at radius 1 is 1.05 bits per heavy atom. The van der Waals surface area contributed by atoms with Gasteiger partial charge in [0.2, 0.25) is 0 Å². The molecule has 0 radical (unpaired) electrons. The van der Waals surface area contributed by atoms with Crippen LogP contribution < -0.4 is 5.59 Å². The van der Waals surface area contributed by atoms with Gasteiger partial charge in [0.25, 0.3) is 0 Å². The lowest BCUT2D eigenvalue weighted by Gasteiger charge is -2.32. The summed E-state index contributed by atoms with van der Waals surface area (Å²) in [4.78, 5) is 8.83. The maximum atomic E-state index is 5.95. The van der Waals surface area contributed by atoms with Gasteiger partial charge in [-0.25, -0.2) is 0 Å². The second-order valence-corrected chi connectivity index (χ2v) is 6.39. The highest BCUT2D eigenvalue weighted by Crippen LogP contribution is 2.36. The van der Waals surface area contributed by atoms with Crippen LogP contribution in [0.5, 0.6) is 0 Å². The van der Waals surface area contributed by atoms with Crippen molar-refractivity contribution < 1.29 is 18.8 Å². The van der Waals surface area contributed by atoms with Crippen molar-refractivity contribution in [2.24, 2.45) is 0 Å². The summed E-state index contributed by atoms with van der Waals surface area (Å²) >= 11 is 0. The fourth-order valence-corrected chi connectivity index (χ4v) is 2.26. The number of hydrogen-bond donors (Lipinski definition) is 0. The molecule has 1 aromatic rings. The van der Waals surface area contributed by atoms with Crippen LogP contribution in [0.15, 0.2) is 12.4 Å². The molecule has 3 rings (SSSR count). The maximum Gasteiger partial charge on any atom is 0.516 e. The Labute approximate surface area is 125 Å². The number of nitrogens with zero attached hydrogens (tertiary/aromatic N) is 2. The topological polar surface area (TPSA) is 62.7 Å². The molecule has 21 heavy (non-hydrogen) atoms. The van der Waals surface area contributed by atoms with E-state index in [1.807, 2.05) is 27.7 Å². The molecule has 1 unspecified atom stereocenters. The minimum absolute atomic E-state index is 0.140. The van der Waals surface area contributed by atoms with Crippen LogP contribution in [-0.4, -0.2) is 48.1 Å². The van der Waals surface area contributed by atoms with Crippen molar-refractivity contribution in [1.82, 2.24) is 9.97 Å². The zero-order valence-corrected chi connectivity index (χ0v) is 13.0. The summed E-state index contributed by atoms with van der Waals surface area (Å²) < 4.78 is 22.9. The van der Waals surface area contributed by atoms with Crippen molar-refractivity contribution in [1.29, 1.82) is 0 Å². The SMILES string of the molecule is CC1(C)OB(c2cnc(C3COCCO3)cn2)OC1(C)C. The Bertz CT molecular complexity index is 484. The van der Waals surface area contributed by atoms with Crippen molar-refractivity contribution >= 4 is 12.7 Å². The molecule has 1 atom stereocenters. The third-order valence-corrected chi connectivity index (χ3v) is 4.33. The van der Waals surface area contributed by atoms with E-state index in [1.165, 1.54) is 0 Å². The first-order valence-corrected chi connectivity index (χ1v) is 7.26. The minimum atomic E-state index is -0.486. The van der Waals surface area contributed by atoms with E-state index >= 15 is 0 Å². The summed E-state index contributed by atoms with van der Waals surface area (Å²) in [7, 11) is -0.486. The monoisotopic (exact) mass is 292 g/mol. The van der Waals surface area contributed by atoms with Crippen molar-refractivity contribution in [3.63, 3.8) is 0 Å². The Morgan fingerprint density at radius 3 is 2.29 bits per heavy atom. The molecule has 114 valence electrons. The first-order chi connectivity index (χ1) is 9.89. The van der Waals surface area contributed by atoms with E-state index in [4.69, 9.17) is 18.8 Å². The van der Waals surface area contributed by atoms with Gasteiger partial charge in [-0.3, -0.25) is 9.97 Å². The molecule has 0 N–H and O–H groups in total. The quantitative estimate of drug-likeness (QED) is 0.754. The van der Waals surface area contributed by atoms with Crippen LogP contribution in [-0.2, 0) is 18.8 Å². The van der Waals surface area contributed by atoms with Crippen LogP contribution in [0.3, 0.4) is 0 Å². The molecule has 0 amide bonds. The average Bonchev–Trinajstić information content (AvgIpc) is 2.69. The van der Waals surface area contributed by atoms with Gasteiger partial charge in [-0.1, -0.05) is 0 Å². The molecule has 3 heterocycles. The van der Waals surface area contributed by atoms with Gasteiger partial charge in [0, 0.05) is 6.20 Å². The molecule has 0 aromatic carbocycles. The molecule has 2 fully saturated rings. The van der Waals surface area contributed by atoms with Crippen LogP contribution in [0.2, 0.25) is 0 Å². The van der Waals surface area contributed by atoms with Gasteiger partial charge < -0.3 is 18.8 Å². The Kier molecular flexibility index (Phi) is 3.77. The smallest absolute Gasteiger partial charge is 0.398 e. The second-order valence-electron chi connectivity index (χ2n) is 6.39. The molecule has 0 spiro atoms. The van der Waals surface area contributed by atoms with E-state index < -0.39 is 7.12 Å². The van der Waals surface area contributed by atoms with Crippen molar-refractivity contribution in [2.75, 3.05) is 19.8 Å². The normalized spacial score (nSPS) is 27.8. The fourth-order valence-electron chi connectivity index (χ4n) is 2.26. The molecule has 1 aromatic heterocycles. The van der Waals surface area contributed by atoms with Gasteiger partial charge in [-0.05, 0) is 27.7 Å². The van der Waals surface area contributed by atoms with Gasteiger partial charge >= 0.3 is 7.12 Å². The molecule has 2 saturated heterocycles. The first-order valence-electron chi connectivity index (χ1n) is 7.26. The van der Waals surface area contributed by atoms with Crippen LogP contribution in [0.1, 0.15) is 39.5 Å². The van der Waals surface area contributed by atoms with Crippen molar-refractivity contribution in [2.45, 2.75) is 45.0 Å². The van der Waals surface area contributed by atoms with Crippen LogP contribution in [0.25, 0.3) is 0 Å². The first kappa shape index (κ1) is 14.9. The average molecular weight is 292 g/mol. The molecule has 2 aliphatic rings. The Morgan fingerprint density at radius 2 is 1.76 bits per heavy atom. The van der Waals surface area contributed by atoms with Crippen LogP contribution in [0.4, 0.5) is 0 Å². The predicted molar refractivity (Wildman–Crippen MR) is 77.3 cm³/mol. The standard InChI is InChI=1S/C14H21BN2O4/c1-13(2)14(3,4)21-15(20-13)12-8-16-10(7-17-12)11-9-18-5-6-19-11/h7-8,11H,5-6,9H2,1-4H3. The highest BCUT2D eigenvalue weighted by molar-refractivity contribution is 6.61. The fraction of sp³-hybridized carbons (Fsp3) is 0.714. The lowest BCUT2D eigenvalue weighted by atomic mass is 9.85. The van der Waals surface area contributed by atoms with Gasteiger partial charge in [0.1, 0.15) is 6.10 Å². The number of hydrogen-bond acceptors (Lipinski definition) is 6. The molecule has 6 nitrogen and oxygen atoms in total. The van der Waals surface area contributed by atoms with Crippen molar-refractivity contribution in [3.05, 3.63) is 18.1 Å². The molecule has 0 saturated carbocycles. The summed E-state index contributed by atoms with van der Waals surface area (Å²) in [5.41, 5.74) is 0.695. The highest BCUT2D eigenvalue weighted by Gasteiger charge is 2.52. The molecular weight excluding hydrogens is 271 g/mol. The number of aromatic nitrogens is 2. The van der Waals surface area contributed by atoms with Gasteiger partial charge in [-0.2, -0.15) is 0 Å². The third kappa shape index (κ3) is 2.83. The Balaban J connectivity index is 1.73. The van der Waals surface area contributed by atoms with E-state index in [1.54, 1.807) is 12.4 Å². The lowest BCUT2D eigenvalue weighted by Crippen LogP contribution is -2.41. The van der Waals surface area contributed by atoms with E-state index in [0.717, 1.165) is 5.69 Å². The second kappa shape index (κ2) is 5.32. The zero-order chi connectivity index (χ0) is 15.1. The number of rotatable bonds is 2. The van der Waals surface area contributed by atoms with E-state index in [2.05, 4.69) is 9.97 Å². The number of ether oxygens (including phenoxy) is 2. The van der Waals surface area contributed by atoms with Crippen molar-refractivity contribution in [3.8, 4) is 0 Å². The summed E-state index contributed by atoms with van der Waals surface area (Å²) in [6.07, 6.45) is 3.26. The zero-order valence-electron chi connectivity index (χ0n) is 13.0. The summed E-state index contributed by atoms with van der Waals surface area (Å²) in [6.45, 7) is 9.81. The van der Waals surface area contributed by atoms with Gasteiger partial charge in [-0.15, -0.1) is 0 Å². The Hall–Kier alpha value is -1.02. The largest absolute Gasteiger partial charge is 0.516 e. The summed E-state index contributed by atoms with van der Waals surface area (Å²) in [6, 6.07) is 0. The summed E-state index contributed by atoms with van der Waals surface area (Å²) in [5.74, 6) is 0. The molecule has 2 aliphatic heterocycles. The molecule has 7 heteroatoms. The van der Waals surface area contributed by atoms with E-state index in [-0.39, 0.29) is 17.3 Å². The van der Waals surface area contributed by atoms with E-state index in [0.29, 0.717) is 25.4 Å². The maximum absolute atomic E-state index is 5.95. The summed E-state index contributed by atoms with van der Waals surface area (Å²) in [5, 5.41) is 0. The van der Waals surface area contributed by atoms with Crippen LogP contribution in [0, 0.1) is 0 Å². The minimum Gasteiger partial charge on any atom is -0.398 e. The molecule has 0 aliphatic carbocycles. The predicted octanol–water partition coefficient (Wildman–Crippen LogP) is 0.864. The highest BCUT2D eigenvalue weighted by atomic mass is 16.7.